The topological polar surface area (TPSA) is 41.6 Å². The van der Waals surface area contributed by atoms with Crippen molar-refractivity contribution in [2.45, 2.75) is 45.9 Å². The average Bonchev–Trinajstić information content (AvgIpc) is 2.34. The molecular formula is C16H22F2N2O2. The predicted octanol–water partition coefficient (Wildman–Crippen LogP) is 3.20. The molecule has 1 amide bonds. The number of likely N-dealkylation sites (tertiary alicyclic amines) is 1. The zero-order chi connectivity index (χ0) is 16.3. The molecule has 0 spiro atoms. The highest BCUT2D eigenvalue weighted by Crippen LogP contribution is 2.22. The highest BCUT2D eigenvalue weighted by molar-refractivity contribution is 5.67. The van der Waals surface area contributed by atoms with E-state index in [9.17, 15) is 13.6 Å². The summed E-state index contributed by atoms with van der Waals surface area (Å²) in [5, 5.41) is 2.49. The number of rotatable bonds is 4. The van der Waals surface area contributed by atoms with Crippen molar-refractivity contribution in [1.29, 1.82) is 0 Å². The van der Waals surface area contributed by atoms with Gasteiger partial charge in [0, 0.05) is 24.2 Å². The standard InChI is InChI=1S/C16H22F2N2O2/c1-16(2,3)22-15(21)19-9-11-12(10-20-7-4-8-20)14(18)6-5-13(11)17/h5-6H,4,7-10H2,1-3H3,(H,19,21). The van der Waals surface area contributed by atoms with Gasteiger partial charge in [-0.2, -0.15) is 0 Å². The summed E-state index contributed by atoms with van der Waals surface area (Å²) in [5.74, 6) is -0.970. The summed E-state index contributed by atoms with van der Waals surface area (Å²) in [6, 6.07) is 2.21. The number of hydrogen-bond donors (Lipinski definition) is 1. The van der Waals surface area contributed by atoms with Crippen LogP contribution in [0.3, 0.4) is 0 Å². The number of amides is 1. The van der Waals surface area contributed by atoms with Gasteiger partial charge in [0.25, 0.3) is 0 Å². The zero-order valence-corrected chi connectivity index (χ0v) is 13.2. The van der Waals surface area contributed by atoms with Gasteiger partial charge in [0.2, 0.25) is 0 Å². The van der Waals surface area contributed by atoms with Gasteiger partial charge in [0.05, 0.1) is 0 Å². The molecule has 1 aromatic rings. The Morgan fingerprint density at radius 1 is 1.23 bits per heavy atom. The lowest BCUT2D eigenvalue weighted by atomic mass is 10.0. The molecule has 4 nitrogen and oxygen atoms in total. The van der Waals surface area contributed by atoms with Crippen LogP contribution in [0, 0.1) is 11.6 Å². The molecule has 1 saturated heterocycles. The van der Waals surface area contributed by atoms with Crippen LogP contribution < -0.4 is 5.32 Å². The lowest BCUT2D eigenvalue weighted by Gasteiger charge is -2.31. The molecule has 1 aromatic carbocycles. The molecule has 1 N–H and O–H groups in total. The average molecular weight is 312 g/mol. The van der Waals surface area contributed by atoms with Crippen molar-refractivity contribution >= 4 is 6.09 Å². The molecule has 1 fully saturated rings. The van der Waals surface area contributed by atoms with E-state index in [1.807, 2.05) is 4.90 Å². The lowest BCUT2D eigenvalue weighted by Crippen LogP contribution is -2.37. The van der Waals surface area contributed by atoms with Crippen LogP contribution >= 0.6 is 0 Å². The molecule has 1 aliphatic heterocycles. The number of benzene rings is 1. The van der Waals surface area contributed by atoms with Gasteiger partial charge in [-0.3, -0.25) is 4.90 Å². The molecule has 122 valence electrons. The minimum absolute atomic E-state index is 0.0956. The van der Waals surface area contributed by atoms with Crippen molar-refractivity contribution < 1.29 is 18.3 Å². The number of nitrogens with zero attached hydrogens (tertiary/aromatic N) is 1. The molecular weight excluding hydrogens is 290 g/mol. The van der Waals surface area contributed by atoms with Crippen molar-refractivity contribution in [3.63, 3.8) is 0 Å². The van der Waals surface area contributed by atoms with Gasteiger partial charge in [-0.05, 0) is 52.4 Å². The van der Waals surface area contributed by atoms with Crippen molar-refractivity contribution in [3.8, 4) is 0 Å². The summed E-state index contributed by atoms with van der Waals surface area (Å²) in [6.07, 6.45) is 0.425. The Labute approximate surface area is 129 Å². The molecule has 2 rings (SSSR count). The maximum atomic E-state index is 14.0. The van der Waals surface area contributed by atoms with E-state index in [0.717, 1.165) is 31.6 Å². The van der Waals surface area contributed by atoms with Crippen LogP contribution in [0.1, 0.15) is 38.3 Å². The Bertz CT molecular complexity index is 552. The van der Waals surface area contributed by atoms with Gasteiger partial charge in [-0.25, -0.2) is 13.6 Å². The zero-order valence-electron chi connectivity index (χ0n) is 13.2. The fraction of sp³-hybridized carbons (Fsp3) is 0.562. The van der Waals surface area contributed by atoms with Gasteiger partial charge < -0.3 is 10.1 Å². The van der Waals surface area contributed by atoms with Crippen LogP contribution in [-0.2, 0) is 17.8 Å². The second-order valence-electron chi connectivity index (χ2n) is 6.47. The number of ether oxygens (including phenoxy) is 1. The second kappa shape index (κ2) is 6.60. The number of alkyl carbamates (subject to hydrolysis) is 1. The highest BCUT2D eigenvalue weighted by atomic mass is 19.1. The maximum Gasteiger partial charge on any atom is 0.407 e. The molecule has 22 heavy (non-hydrogen) atoms. The summed E-state index contributed by atoms with van der Waals surface area (Å²) < 4.78 is 33.1. The normalized spacial score (nSPS) is 15.3. The Kier molecular flexibility index (Phi) is 5.01. The quantitative estimate of drug-likeness (QED) is 0.928. The molecule has 0 atom stereocenters. The van der Waals surface area contributed by atoms with Crippen LogP contribution in [0.5, 0.6) is 0 Å². The Morgan fingerprint density at radius 2 is 1.82 bits per heavy atom. The minimum Gasteiger partial charge on any atom is -0.444 e. The van der Waals surface area contributed by atoms with Gasteiger partial charge >= 0.3 is 6.09 Å². The first-order chi connectivity index (χ1) is 10.3. The molecule has 0 unspecified atom stereocenters. The van der Waals surface area contributed by atoms with Gasteiger partial charge in [-0.1, -0.05) is 0 Å². The number of nitrogens with one attached hydrogen (secondary N) is 1. The molecule has 1 heterocycles. The second-order valence-corrected chi connectivity index (χ2v) is 6.47. The number of hydrogen-bond acceptors (Lipinski definition) is 3. The number of carbonyl (C=O) groups excluding carboxylic acids is 1. The monoisotopic (exact) mass is 312 g/mol. The molecule has 0 radical (unpaired) electrons. The van der Waals surface area contributed by atoms with Crippen LogP contribution in [-0.4, -0.2) is 29.7 Å². The van der Waals surface area contributed by atoms with Crippen molar-refractivity contribution in [2.75, 3.05) is 13.1 Å². The Hall–Kier alpha value is -1.69. The fourth-order valence-electron chi connectivity index (χ4n) is 2.24. The van der Waals surface area contributed by atoms with Crippen LogP contribution in [0.15, 0.2) is 12.1 Å². The van der Waals surface area contributed by atoms with E-state index < -0.39 is 23.3 Å². The third kappa shape index (κ3) is 4.40. The number of carbonyl (C=O) groups is 1. The lowest BCUT2D eigenvalue weighted by molar-refractivity contribution is 0.0522. The highest BCUT2D eigenvalue weighted by Gasteiger charge is 2.22. The SMILES string of the molecule is CC(C)(C)OC(=O)NCc1c(F)ccc(F)c1CN1CCC1. The summed E-state index contributed by atoms with van der Waals surface area (Å²) in [4.78, 5) is 13.7. The first-order valence-electron chi connectivity index (χ1n) is 7.41. The van der Waals surface area contributed by atoms with Gasteiger partial charge in [-0.15, -0.1) is 0 Å². The van der Waals surface area contributed by atoms with E-state index >= 15 is 0 Å². The van der Waals surface area contributed by atoms with Crippen molar-refractivity contribution in [1.82, 2.24) is 10.2 Å². The summed E-state index contributed by atoms with van der Waals surface area (Å²) in [5.41, 5.74) is -0.154. The molecule has 0 aromatic heterocycles. The maximum absolute atomic E-state index is 14.0. The number of halogens is 2. The van der Waals surface area contributed by atoms with E-state index in [0.29, 0.717) is 12.1 Å². The van der Waals surface area contributed by atoms with Gasteiger partial charge in [0.15, 0.2) is 0 Å². The largest absolute Gasteiger partial charge is 0.444 e. The van der Waals surface area contributed by atoms with Crippen LogP contribution in [0.2, 0.25) is 0 Å². The molecule has 0 aliphatic carbocycles. The van der Waals surface area contributed by atoms with Crippen LogP contribution in [0.25, 0.3) is 0 Å². The summed E-state index contributed by atoms with van der Waals surface area (Å²) >= 11 is 0. The smallest absolute Gasteiger partial charge is 0.407 e. The van der Waals surface area contributed by atoms with E-state index in [2.05, 4.69) is 5.32 Å². The van der Waals surface area contributed by atoms with E-state index in [-0.39, 0.29) is 12.1 Å². The Morgan fingerprint density at radius 3 is 2.32 bits per heavy atom. The van der Waals surface area contributed by atoms with Crippen molar-refractivity contribution in [2.24, 2.45) is 0 Å². The molecule has 1 aliphatic rings. The molecule has 0 saturated carbocycles. The molecule has 6 heteroatoms. The van der Waals surface area contributed by atoms with E-state index in [1.165, 1.54) is 0 Å². The summed E-state index contributed by atoms with van der Waals surface area (Å²) in [7, 11) is 0. The first-order valence-corrected chi connectivity index (χ1v) is 7.41. The predicted molar refractivity (Wildman–Crippen MR) is 79.3 cm³/mol. The van der Waals surface area contributed by atoms with E-state index in [4.69, 9.17) is 4.74 Å². The van der Waals surface area contributed by atoms with E-state index in [1.54, 1.807) is 20.8 Å². The third-order valence-electron chi connectivity index (χ3n) is 3.46. The van der Waals surface area contributed by atoms with Crippen LogP contribution in [0.4, 0.5) is 13.6 Å². The minimum atomic E-state index is -0.647. The Balaban J connectivity index is 2.08. The van der Waals surface area contributed by atoms with Crippen molar-refractivity contribution in [3.05, 3.63) is 34.9 Å². The van der Waals surface area contributed by atoms with Gasteiger partial charge in [0.1, 0.15) is 17.2 Å². The fourth-order valence-corrected chi connectivity index (χ4v) is 2.24. The summed E-state index contributed by atoms with van der Waals surface area (Å²) in [6.45, 7) is 7.25. The third-order valence-corrected chi connectivity index (χ3v) is 3.46. The first kappa shape index (κ1) is 16.7. The molecule has 0 bridgehead atoms.